The van der Waals surface area contributed by atoms with Gasteiger partial charge >= 0.3 is 0 Å². The zero-order chi connectivity index (χ0) is 44.0. The third-order valence-corrected chi connectivity index (χ3v) is 8.96. The summed E-state index contributed by atoms with van der Waals surface area (Å²) < 4.78 is 0. The average Bonchev–Trinajstić information content (AvgIpc) is 3.96. The summed E-state index contributed by atoms with van der Waals surface area (Å²) in [6, 6.07) is 22.3. The lowest BCUT2D eigenvalue weighted by molar-refractivity contribution is 1.19. The molecule has 0 saturated carbocycles. The average molecular weight is 819 g/mol. The molecule has 20 nitrogen and oxygen atoms in total. The highest BCUT2D eigenvalue weighted by atomic mass is 15.1. The van der Waals surface area contributed by atoms with Crippen LogP contribution in [-0.2, 0) is 0 Å². The first-order valence-electron chi connectivity index (χ1n) is 19.1. The summed E-state index contributed by atoms with van der Waals surface area (Å²) >= 11 is 0. The molecule has 8 bridgehead atoms. The van der Waals surface area contributed by atoms with E-state index in [2.05, 4.69) is 37.0 Å². The standard InChI is InChI=1S/C36H30N18.2C2H6.CH4N2/c1-43-14-2-6-18-22(10-14)30-47-26(18)49-31-24-12-16(45-35(39)40)4-8-20(24)28(51-31)53-33-25-13-17(46-36(41)42)5-9-21(25)29(54-33)52-32-23-11-15(44-34(37)38)3-7-19(23)27(48-30)50-32;2*1-2;2-1-3/h2-13,43H,1H3,(H4,37,38,44)(H4,39,40,45)(H4,41,42,46)(H2,47,48,49,50,51,52,53,54);2*1-2H3;1H,(H3,2,3). The number of aromatic amines is 2. The van der Waals surface area contributed by atoms with Gasteiger partial charge in [0.05, 0.1) is 6.34 Å². The van der Waals surface area contributed by atoms with Crippen molar-refractivity contribution in [3.05, 3.63) is 72.8 Å². The second-order valence-electron chi connectivity index (χ2n) is 12.7. The minimum Gasteiger partial charge on any atom is -0.390 e. The molecule has 0 fully saturated rings. The van der Waals surface area contributed by atoms with Gasteiger partial charge in [0, 0.05) is 73.6 Å². The fourth-order valence-corrected chi connectivity index (χ4v) is 6.65. The number of H-pyrrole nitrogens is 2. The molecule has 9 rings (SSSR count). The van der Waals surface area contributed by atoms with Gasteiger partial charge in [0.2, 0.25) is 0 Å². The number of aromatic nitrogens is 8. The second kappa shape index (κ2) is 17.9. The van der Waals surface area contributed by atoms with Gasteiger partial charge in [-0.2, -0.15) is 0 Å². The van der Waals surface area contributed by atoms with Gasteiger partial charge in [0.1, 0.15) is 22.6 Å². The van der Waals surface area contributed by atoms with Crippen LogP contribution in [0.5, 0.6) is 0 Å². The Morgan fingerprint density at radius 3 is 1.16 bits per heavy atom. The van der Waals surface area contributed by atoms with Crippen molar-refractivity contribution in [2.45, 2.75) is 27.7 Å². The molecule has 5 heterocycles. The topological polar surface area (TPSA) is 357 Å². The highest BCUT2D eigenvalue weighted by Crippen LogP contribution is 2.39. The zero-order valence-corrected chi connectivity index (χ0v) is 34.0. The Kier molecular flexibility index (Phi) is 12.3. The van der Waals surface area contributed by atoms with Gasteiger partial charge in [-0.3, -0.25) is 21.6 Å². The number of hydrogen-bond acceptors (Lipinski definition) is 11. The van der Waals surface area contributed by atoms with Gasteiger partial charge in [-0.05, 0) is 72.8 Å². The van der Waals surface area contributed by atoms with Gasteiger partial charge in [0.25, 0.3) is 0 Å². The molecule has 0 amide bonds. The largest absolute Gasteiger partial charge is 0.390 e. The summed E-state index contributed by atoms with van der Waals surface area (Å²) in [5.41, 5.74) is 28.8. The van der Waals surface area contributed by atoms with Crippen LogP contribution in [0.2, 0.25) is 0 Å². The molecule has 2 aliphatic rings. The first kappa shape index (κ1) is 41.9. The third-order valence-electron chi connectivity index (χ3n) is 8.96. The van der Waals surface area contributed by atoms with Crippen molar-refractivity contribution in [1.29, 1.82) is 21.6 Å². The number of hydrogen-bond donors (Lipinski definition) is 14. The van der Waals surface area contributed by atoms with Crippen molar-refractivity contribution in [2.24, 2.45) is 22.9 Å². The van der Waals surface area contributed by atoms with Crippen LogP contribution >= 0.6 is 0 Å². The number of anilines is 4. The molecule has 20 heteroatoms. The number of nitrogens with zero attached hydrogens (tertiary/aromatic N) is 6. The summed E-state index contributed by atoms with van der Waals surface area (Å²) in [7, 11) is 1.84. The van der Waals surface area contributed by atoms with E-state index in [0.29, 0.717) is 84.8 Å². The minimum atomic E-state index is -0.220. The molecule has 0 spiro atoms. The third kappa shape index (κ3) is 8.48. The number of rotatable bonds is 4. The summed E-state index contributed by atoms with van der Waals surface area (Å²) in [6.07, 6.45) is 0.750. The molecule has 2 aliphatic heterocycles. The molecule has 0 unspecified atom stereocenters. The molecule has 0 saturated heterocycles. The Bertz CT molecular complexity index is 2990. The first-order chi connectivity index (χ1) is 29.5. The van der Waals surface area contributed by atoms with Crippen LogP contribution in [0.1, 0.15) is 27.7 Å². The van der Waals surface area contributed by atoms with Crippen LogP contribution in [0.4, 0.5) is 22.7 Å². The van der Waals surface area contributed by atoms with Crippen LogP contribution in [0.15, 0.2) is 72.8 Å². The molecule has 61 heavy (non-hydrogen) atoms. The summed E-state index contributed by atoms with van der Waals surface area (Å²) in [5.74, 6) is 0.933. The minimum absolute atomic E-state index is 0.209. The highest BCUT2D eigenvalue weighted by Gasteiger charge is 2.23. The van der Waals surface area contributed by atoms with Crippen LogP contribution in [0.25, 0.3) is 89.7 Å². The van der Waals surface area contributed by atoms with E-state index in [4.69, 9.17) is 68.7 Å². The highest BCUT2D eigenvalue weighted by molar-refractivity contribution is 6.09. The van der Waals surface area contributed by atoms with Gasteiger partial charge in [-0.25, -0.2) is 29.9 Å². The van der Waals surface area contributed by atoms with Gasteiger partial charge < -0.3 is 54.2 Å². The van der Waals surface area contributed by atoms with E-state index in [-0.39, 0.29) is 17.9 Å². The van der Waals surface area contributed by atoms with Crippen molar-refractivity contribution >= 4 is 91.1 Å². The quantitative estimate of drug-likeness (QED) is 0.0672. The number of nitrogens with two attached hydrogens (primary N) is 4. The van der Waals surface area contributed by atoms with Crippen molar-refractivity contribution in [3.8, 4) is 45.6 Å². The normalized spacial score (nSPS) is 10.6. The predicted molar refractivity (Wildman–Crippen MR) is 248 cm³/mol. The Morgan fingerprint density at radius 1 is 0.475 bits per heavy atom. The second-order valence-corrected chi connectivity index (χ2v) is 12.7. The summed E-state index contributed by atoms with van der Waals surface area (Å²) in [4.78, 5) is 36.9. The van der Waals surface area contributed by atoms with Crippen molar-refractivity contribution in [3.63, 3.8) is 0 Å². The van der Waals surface area contributed by atoms with Crippen LogP contribution in [-0.4, -0.2) is 71.1 Å². The first-order valence-corrected chi connectivity index (χ1v) is 19.1. The SMILES string of the molecule is CC.CC.CNc1ccc2c(c1)-c1nc-2nc2[nH]c(nc3nc(nc4[nH]c(n1)c1ccc(NC(=N)N)cc41)-c1ccc(NC(=N)N)cc1-3)c1ccc(NC(=N)N)cc21.N=CN. The Labute approximate surface area is 349 Å². The molecule has 4 aromatic carbocycles. The molecular formula is C41H46N20. The van der Waals surface area contributed by atoms with Crippen LogP contribution < -0.4 is 44.2 Å². The monoisotopic (exact) mass is 818 g/mol. The Balaban J connectivity index is 0.000000842. The van der Waals surface area contributed by atoms with Crippen molar-refractivity contribution < 1.29 is 0 Å². The van der Waals surface area contributed by atoms with Crippen LogP contribution in [0.3, 0.4) is 0 Å². The van der Waals surface area contributed by atoms with Crippen molar-refractivity contribution in [1.82, 2.24) is 39.9 Å². The fourth-order valence-electron chi connectivity index (χ4n) is 6.65. The maximum Gasteiger partial charge on any atom is 0.190 e. The lowest BCUT2D eigenvalue weighted by Crippen LogP contribution is -2.20. The maximum absolute atomic E-state index is 7.80. The zero-order valence-electron chi connectivity index (χ0n) is 34.0. The molecule has 310 valence electrons. The number of guanidine groups is 3. The maximum atomic E-state index is 7.80. The van der Waals surface area contributed by atoms with Crippen LogP contribution in [0, 0.1) is 21.6 Å². The van der Waals surface area contributed by atoms with E-state index in [9.17, 15) is 0 Å². The molecule has 7 aromatic rings. The molecule has 0 aliphatic carbocycles. The Morgan fingerprint density at radius 2 is 0.787 bits per heavy atom. The lowest BCUT2D eigenvalue weighted by atomic mass is 10.1. The van der Waals surface area contributed by atoms with Gasteiger partial charge in [-0.1, -0.05) is 27.7 Å². The van der Waals surface area contributed by atoms with Gasteiger partial charge in [-0.15, -0.1) is 0 Å². The molecule has 3 aromatic heterocycles. The molecule has 0 atom stereocenters. The number of benzene rings is 4. The summed E-state index contributed by atoms with van der Waals surface area (Å²) in [5, 5.41) is 43.9. The van der Waals surface area contributed by atoms with E-state index >= 15 is 0 Å². The lowest BCUT2D eigenvalue weighted by Gasteiger charge is -2.06. The van der Waals surface area contributed by atoms with Crippen molar-refractivity contribution in [2.75, 3.05) is 28.3 Å². The number of fused-ring (bicyclic) bond motifs is 20. The van der Waals surface area contributed by atoms with E-state index in [0.717, 1.165) is 33.9 Å². The fraction of sp³-hybridized carbons (Fsp3) is 0.122. The smallest absolute Gasteiger partial charge is 0.190 e. The summed E-state index contributed by atoms with van der Waals surface area (Å²) in [6.45, 7) is 8.00. The number of nitrogens with one attached hydrogen (secondary N) is 10. The van der Waals surface area contributed by atoms with E-state index in [1.807, 2.05) is 89.3 Å². The van der Waals surface area contributed by atoms with E-state index in [1.54, 1.807) is 18.2 Å². The molecule has 18 N–H and O–H groups in total. The van der Waals surface area contributed by atoms with E-state index < -0.39 is 0 Å². The predicted octanol–water partition coefficient (Wildman–Crippen LogP) is 6.43. The molecular weight excluding hydrogens is 773 g/mol. The van der Waals surface area contributed by atoms with E-state index in [1.165, 1.54) is 0 Å². The molecule has 0 radical (unpaired) electrons. The Hall–Kier alpha value is -8.68. The van der Waals surface area contributed by atoms with Gasteiger partial charge in [0.15, 0.2) is 41.2 Å².